The van der Waals surface area contributed by atoms with Gasteiger partial charge in [0.2, 0.25) is 10.0 Å². The highest BCUT2D eigenvalue weighted by molar-refractivity contribution is 9.08. The van der Waals surface area contributed by atoms with E-state index in [9.17, 15) is 13.2 Å². The zero-order valence-electron chi connectivity index (χ0n) is 11.7. The van der Waals surface area contributed by atoms with Gasteiger partial charge in [0.1, 0.15) is 0 Å². The van der Waals surface area contributed by atoms with Crippen LogP contribution < -0.4 is 14.4 Å². The molecule has 20 heavy (non-hydrogen) atoms. The van der Waals surface area contributed by atoms with Crippen LogP contribution in [-0.2, 0) is 10.0 Å². The molecule has 6 nitrogen and oxygen atoms in total. The lowest BCUT2D eigenvalue weighted by molar-refractivity contribution is 0.257. The molecule has 1 aromatic carbocycles. The van der Waals surface area contributed by atoms with Crippen LogP contribution in [0.1, 0.15) is 26.3 Å². The molecule has 0 aromatic heterocycles. The Morgan fingerprint density at radius 2 is 1.85 bits per heavy atom. The van der Waals surface area contributed by atoms with E-state index in [1.165, 1.54) is 6.07 Å². The molecule has 0 heterocycles. The summed E-state index contributed by atoms with van der Waals surface area (Å²) in [6.45, 7) is 6.99. The number of hydrogen-bond donors (Lipinski definition) is 3. The first kappa shape index (κ1) is 16.9. The Morgan fingerprint density at radius 1 is 1.25 bits per heavy atom. The molecule has 0 unspecified atom stereocenters. The monoisotopic (exact) mass is 363 g/mol. The number of aryl methyl sites for hydroxylation is 1. The van der Waals surface area contributed by atoms with E-state index in [2.05, 4.69) is 30.5 Å². The topological polar surface area (TPSA) is 87.3 Å². The van der Waals surface area contributed by atoms with Crippen LogP contribution in [0.25, 0.3) is 0 Å². The van der Waals surface area contributed by atoms with Crippen LogP contribution in [0.5, 0.6) is 0 Å². The van der Waals surface area contributed by atoms with E-state index < -0.39 is 21.6 Å². The first-order chi connectivity index (χ1) is 9.05. The molecular formula is C12H18BrN3O3S. The minimum atomic E-state index is -3.65. The Kier molecular flexibility index (Phi) is 5.17. The molecule has 0 aliphatic heterocycles. The number of carbonyl (C=O) groups excluding carboxylic acids is 1. The molecule has 112 valence electrons. The van der Waals surface area contributed by atoms with Crippen molar-refractivity contribution in [3.63, 3.8) is 0 Å². The zero-order valence-corrected chi connectivity index (χ0v) is 14.1. The van der Waals surface area contributed by atoms with Crippen molar-refractivity contribution < 1.29 is 13.2 Å². The molecular weight excluding hydrogens is 346 g/mol. The fourth-order valence-electron chi connectivity index (χ4n) is 1.58. The fraction of sp³-hybridized carbons (Fsp3) is 0.417. The van der Waals surface area contributed by atoms with Crippen LogP contribution in [-0.4, -0.2) is 20.0 Å². The van der Waals surface area contributed by atoms with Crippen molar-refractivity contribution in [1.29, 1.82) is 0 Å². The van der Waals surface area contributed by atoms with Crippen molar-refractivity contribution in [3.8, 4) is 0 Å². The summed E-state index contributed by atoms with van der Waals surface area (Å²) < 4.78 is 29.5. The summed E-state index contributed by atoms with van der Waals surface area (Å²) in [5, 5.41) is 2.50. The molecule has 0 saturated heterocycles. The third-order valence-electron chi connectivity index (χ3n) is 2.26. The first-order valence-electron chi connectivity index (χ1n) is 5.87. The highest BCUT2D eigenvalue weighted by Gasteiger charge is 2.23. The van der Waals surface area contributed by atoms with Gasteiger partial charge >= 0.3 is 6.03 Å². The summed E-state index contributed by atoms with van der Waals surface area (Å²) in [6, 6.07) is 4.21. The summed E-state index contributed by atoms with van der Waals surface area (Å²) in [7, 11) is -3.65. The molecule has 3 N–H and O–H groups in total. The minimum absolute atomic E-state index is 0.139. The van der Waals surface area contributed by atoms with Crippen molar-refractivity contribution in [2.24, 2.45) is 0 Å². The van der Waals surface area contributed by atoms with Gasteiger partial charge in [-0.15, -0.1) is 0 Å². The van der Waals surface area contributed by atoms with Gasteiger partial charge < -0.3 is 5.32 Å². The lowest BCUT2D eigenvalue weighted by Crippen LogP contribution is -2.40. The number of benzene rings is 1. The Labute approximate surface area is 127 Å². The van der Waals surface area contributed by atoms with Gasteiger partial charge in [0.05, 0.1) is 21.0 Å². The van der Waals surface area contributed by atoms with Gasteiger partial charge in [0, 0.05) is 11.2 Å². The molecule has 0 atom stereocenters. The number of rotatable bonds is 3. The van der Waals surface area contributed by atoms with E-state index in [0.29, 0.717) is 11.3 Å². The molecule has 0 saturated carbocycles. The number of amides is 2. The predicted octanol–water partition coefficient (Wildman–Crippen LogP) is 2.50. The predicted molar refractivity (Wildman–Crippen MR) is 82.3 cm³/mol. The number of sulfonamides is 1. The normalized spacial score (nSPS) is 12.1. The first-order valence-corrected chi connectivity index (χ1v) is 8.15. The number of carbonyl (C=O) groups is 1. The summed E-state index contributed by atoms with van der Waals surface area (Å²) in [5.41, 5.74) is 0.412. The summed E-state index contributed by atoms with van der Waals surface area (Å²) in [5.74, 6) is 0. The molecule has 0 spiro atoms. The minimum Gasteiger partial charge on any atom is -0.307 e. The largest absolute Gasteiger partial charge is 0.329 e. The average molecular weight is 364 g/mol. The SMILES string of the molecule is Cc1ccc(NC(=O)NBr)cc1S(=O)(=O)NC(C)(C)C. The van der Waals surface area contributed by atoms with Gasteiger partial charge in [-0.1, -0.05) is 6.07 Å². The highest BCUT2D eigenvalue weighted by atomic mass is 79.9. The van der Waals surface area contributed by atoms with Crippen molar-refractivity contribution >= 4 is 37.9 Å². The number of anilines is 1. The summed E-state index contributed by atoms with van der Waals surface area (Å²) in [4.78, 5) is 11.4. The number of nitrogens with one attached hydrogen (secondary N) is 3. The lowest BCUT2D eigenvalue weighted by Gasteiger charge is -2.21. The van der Waals surface area contributed by atoms with Gasteiger partial charge in [-0.2, -0.15) is 0 Å². The van der Waals surface area contributed by atoms with Crippen molar-refractivity contribution in [1.82, 2.24) is 9.06 Å². The van der Waals surface area contributed by atoms with Gasteiger partial charge in [-0.25, -0.2) is 17.9 Å². The molecule has 0 radical (unpaired) electrons. The Morgan fingerprint density at radius 3 is 2.35 bits per heavy atom. The van der Waals surface area contributed by atoms with Crippen molar-refractivity contribution in [3.05, 3.63) is 23.8 Å². The maximum atomic E-state index is 12.3. The molecule has 1 rings (SSSR count). The van der Waals surface area contributed by atoms with E-state index in [-0.39, 0.29) is 4.90 Å². The quantitative estimate of drug-likeness (QED) is 0.721. The van der Waals surface area contributed by atoms with Gasteiger partial charge in [-0.05, 0) is 45.4 Å². The van der Waals surface area contributed by atoms with Crippen LogP contribution in [0.4, 0.5) is 10.5 Å². The molecule has 0 aliphatic carbocycles. The molecule has 8 heteroatoms. The fourth-order valence-corrected chi connectivity index (χ4v) is 3.37. The van der Waals surface area contributed by atoms with Crippen LogP contribution in [0.3, 0.4) is 0 Å². The smallest absolute Gasteiger partial charge is 0.307 e. The second-order valence-electron chi connectivity index (χ2n) is 5.38. The average Bonchev–Trinajstić information content (AvgIpc) is 2.28. The van der Waals surface area contributed by atoms with E-state index >= 15 is 0 Å². The van der Waals surface area contributed by atoms with Gasteiger partial charge in [0.15, 0.2) is 0 Å². The Balaban J connectivity index is 3.17. The molecule has 0 bridgehead atoms. The van der Waals surface area contributed by atoms with E-state index in [1.807, 2.05) is 0 Å². The summed E-state index contributed by atoms with van der Waals surface area (Å²) >= 11 is 2.79. The Hall–Kier alpha value is -1.12. The standard InChI is InChI=1S/C12H18BrN3O3S/c1-8-5-6-9(14-11(17)15-13)7-10(8)20(18,19)16-12(2,3)4/h5-7,16H,1-4H3,(H2,14,15,17). The van der Waals surface area contributed by atoms with Crippen LogP contribution in [0.2, 0.25) is 0 Å². The van der Waals surface area contributed by atoms with Crippen molar-refractivity contribution in [2.75, 3.05) is 5.32 Å². The second-order valence-corrected chi connectivity index (χ2v) is 7.43. The highest BCUT2D eigenvalue weighted by Crippen LogP contribution is 2.21. The third-order valence-corrected chi connectivity index (χ3v) is 4.52. The zero-order chi connectivity index (χ0) is 15.6. The van der Waals surface area contributed by atoms with Crippen molar-refractivity contribution in [2.45, 2.75) is 38.1 Å². The second kappa shape index (κ2) is 6.11. The van der Waals surface area contributed by atoms with Gasteiger partial charge in [0.25, 0.3) is 0 Å². The van der Waals surface area contributed by atoms with Crippen LogP contribution in [0, 0.1) is 6.92 Å². The summed E-state index contributed by atoms with van der Waals surface area (Å²) in [6.07, 6.45) is 0. The van der Waals surface area contributed by atoms with E-state index in [0.717, 1.165) is 0 Å². The third kappa shape index (κ3) is 4.77. The number of halogens is 1. The van der Waals surface area contributed by atoms with Crippen LogP contribution >= 0.6 is 16.1 Å². The maximum absolute atomic E-state index is 12.3. The Bertz CT molecular complexity index is 609. The lowest BCUT2D eigenvalue weighted by atomic mass is 10.1. The molecule has 2 amide bonds. The number of urea groups is 1. The van der Waals surface area contributed by atoms with E-state index in [4.69, 9.17) is 0 Å². The maximum Gasteiger partial charge on any atom is 0.329 e. The molecule has 0 fully saturated rings. The van der Waals surface area contributed by atoms with Gasteiger partial charge in [-0.3, -0.25) is 4.34 Å². The molecule has 0 aliphatic rings. The molecule has 1 aromatic rings. The van der Waals surface area contributed by atoms with E-state index in [1.54, 1.807) is 39.8 Å². The van der Waals surface area contributed by atoms with Crippen LogP contribution in [0.15, 0.2) is 23.1 Å². The number of hydrogen-bond acceptors (Lipinski definition) is 3.